The van der Waals surface area contributed by atoms with Crippen molar-refractivity contribution in [2.45, 2.75) is 0 Å². The van der Waals surface area contributed by atoms with Crippen LogP contribution in [0.3, 0.4) is 0 Å². The van der Waals surface area contributed by atoms with Gasteiger partial charge in [-0.3, -0.25) is 0 Å². The van der Waals surface area contributed by atoms with Gasteiger partial charge in [0, 0.05) is 16.3 Å². The van der Waals surface area contributed by atoms with E-state index in [1.165, 1.54) is 0 Å². The Kier molecular flexibility index (Phi) is 2.76. The standard InChI is InChI=1S/C16H13NO/c1-17-10-4-5-12-8-9-14-13-6-2-3-7-15(13)18-16(14)11-12/h2-3,6-9,11,17H,10H2,1H3. The number of para-hydroxylation sites is 1. The third-order valence-electron chi connectivity index (χ3n) is 2.88. The van der Waals surface area contributed by atoms with Gasteiger partial charge in [0.25, 0.3) is 0 Å². The molecule has 2 heteroatoms. The van der Waals surface area contributed by atoms with Crippen molar-refractivity contribution in [3.05, 3.63) is 48.0 Å². The van der Waals surface area contributed by atoms with Gasteiger partial charge >= 0.3 is 0 Å². The van der Waals surface area contributed by atoms with E-state index in [1.807, 2.05) is 37.4 Å². The molecule has 0 aliphatic heterocycles. The molecule has 3 aromatic rings. The molecule has 1 heterocycles. The van der Waals surface area contributed by atoms with Gasteiger partial charge < -0.3 is 9.73 Å². The second-order valence-electron chi connectivity index (χ2n) is 4.14. The lowest BCUT2D eigenvalue weighted by Crippen LogP contribution is -2.04. The first-order chi connectivity index (χ1) is 8.88. The average Bonchev–Trinajstić information content (AvgIpc) is 2.76. The number of benzene rings is 2. The first-order valence-electron chi connectivity index (χ1n) is 5.93. The lowest BCUT2D eigenvalue weighted by molar-refractivity contribution is 0.669. The van der Waals surface area contributed by atoms with Gasteiger partial charge in [-0.05, 0) is 31.3 Å². The highest BCUT2D eigenvalue weighted by atomic mass is 16.3. The summed E-state index contributed by atoms with van der Waals surface area (Å²) in [5.41, 5.74) is 2.80. The molecule has 2 aromatic carbocycles. The zero-order valence-electron chi connectivity index (χ0n) is 10.2. The molecule has 0 aliphatic rings. The molecule has 0 radical (unpaired) electrons. The predicted octanol–water partition coefficient (Wildman–Crippen LogP) is 3.16. The molecule has 0 bridgehead atoms. The van der Waals surface area contributed by atoms with Crippen molar-refractivity contribution in [3.63, 3.8) is 0 Å². The van der Waals surface area contributed by atoms with Gasteiger partial charge in [-0.1, -0.05) is 30.0 Å². The van der Waals surface area contributed by atoms with E-state index in [0.29, 0.717) is 6.54 Å². The summed E-state index contributed by atoms with van der Waals surface area (Å²) < 4.78 is 5.82. The topological polar surface area (TPSA) is 25.2 Å². The lowest BCUT2D eigenvalue weighted by atomic mass is 10.1. The molecule has 0 spiro atoms. The van der Waals surface area contributed by atoms with Crippen molar-refractivity contribution in [2.75, 3.05) is 13.6 Å². The number of furan rings is 1. The Morgan fingerprint density at radius 1 is 1.06 bits per heavy atom. The molecule has 18 heavy (non-hydrogen) atoms. The largest absolute Gasteiger partial charge is 0.456 e. The van der Waals surface area contributed by atoms with Crippen LogP contribution in [0.1, 0.15) is 5.56 Å². The molecule has 0 amide bonds. The summed E-state index contributed by atoms with van der Waals surface area (Å²) in [6.45, 7) is 0.693. The smallest absolute Gasteiger partial charge is 0.136 e. The van der Waals surface area contributed by atoms with Crippen molar-refractivity contribution >= 4 is 21.9 Å². The Balaban J connectivity index is 2.13. The van der Waals surface area contributed by atoms with Crippen molar-refractivity contribution in [2.24, 2.45) is 0 Å². The van der Waals surface area contributed by atoms with E-state index in [1.54, 1.807) is 0 Å². The molecule has 0 fully saturated rings. The summed E-state index contributed by atoms with van der Waals surface area (Å²) in [5, 5.41) is 5.30. The van der Waals surface area contributed by atoms with E-state index >= 15 is 0 Å². The van der Waals surface area contributed by atoms with Gasteiger partial charge in [0.05, 0.1) is 6.54 Å². The SMILES string of the molecule is CNCC#Cc1ccc2c(c1)oc1ccccc12. The molecule has 88 valence electrons. The molecule has 3 rings (SSSR count). The second-order valence-corrected chi connectivity index (χ2v) is 4.14. The number of fused-ring (bicyclic) bond motifs is 3. The van der Waals surface area contributed by atoms with Gasteiger partial charge in [-0.25, -0.2) is 0 Å². The van der Waals surface area contributed by atoms with Gasteiger partial charge in [-0.2, -0.15) is 0 Å². The number of hydrogen-bond acceptors (Lipinski definition) is 2. The predicted molar refractivity (Wildman–Crippen MR) is 74.5 cm³/mol. The van der Waals surface area contributed by atoms with Crippen LogP contribution in [0.2, 0.25) is 0 Å². The Hall–Kier alpha value is -2.24. The average molecular weight is 235 g/mol. The summed E-state index contributed by atoms with van der Waals surface area (Å²) in [6, 6.07) is 14.2. The maximum absolute atomic E-state index is 5.82. The Bertz CT molecular complexity index is 759. The fourth-order valence-electron chi connectivity index (χ4n) is 2.04. The highest BCUT2D eigenvalue weighted by Crippen LogP contribution is 2.28. The third-order valence-corrected chi connectivity index (χ3v) is 2.88. The summed E-state index contributed by atoms with van der Waals surface area (Å²) >= 11 is 0. The molecule has 1 N–H and O–H groups in total. The van der Waals surface area contributed by atoms with Crippen molar-refractivity contribution in [3.8, 4) is 11.8 Å². The van der Waals surface area contributed by atoms with Crippen LogP contribution in [0.5, 0.6) is 0 Å². The van der Waals surface area contributed by atoms with Crippen LogP contribution < -0.4 is 5.32 Å². The van der Waals surface area contributed by atoms with E-state index in [4.69, 9.17) is 4.42 Å². The Morgan fingerprint density at radius 3 is 2.78 bits per heavy atom. The Labute approximate surface area is 106 Å². The van der Waals surface area contributed by atoms with Crippen LogP contribution in [-0.4, -0.2) is 13.6 Å². The minimum Gasteiger partial charge on any atom is -0.456 e. The zero-order chi connectivity index (χ0) is 12.4. The molecule has 0 aliphatic carbocycles. The third kappa shape index (κ3) is 1.85. The normalized spacial score (nSPS) is 10.5. The maximum atomic E-state index is 5.82. The summed E-state index contributed by atoms with van der Waals surface area (Å²) in [4.78, 5) is 0. The summed E-state index contributed by atoms with van der Waals surface area (Å²) in [5.74, 6) is 6.16. The van der Waals surface area contributed by atoms with Crippen LogP contribution in [0, 0.1) is 11.8 Å². The van der Waals surface area contributed by atoms with E-state index in [9.17, 15) is 0 Å². The van der Waals surface area contributed by atoms with Crippen molar-refractivity contribution in [1.29, 1.82) is 0 Å². The van der Waals surface area contributed by atoms with E-state index in [-0.39, 0.29) is 0 Å². The molecular weight excluding hydrogens is 222 g/mol. The maximum Gasteiger partial charge on any atom is 0.136 e. The van der Waals surface area contributed by atoms with E-state index < -0.39 is 0 Å². The number of nitrogens with one attached hydrogen (secondary N) is 1. The lowest BCUT2D eigenvalue weighted by Gasteiger charge is -1.91. The molecule has 0 saturated heterocycles. The molecule has 2 nitrogen and oxygen atoms in total. The fourth-order valence-corrected chi connectivity index (χ4v) is 2.04. The van der Waals surface area contributed by atoms with Crippen LogP contribution in [0.4, 0.5) is 0 Å². The highest BCUT2D eigenvalue weighted by Gasteiger charge is 2.05. The van der Waals surface area contributed by atoms with Gasteiger partial charge in [0.1, 0.15) is 11.2 Å². The van der Waals surface area contributed by atoms with Gasteiger partial charge in [-0.15, -0.1) is 0 Å². The van der Waals surface area contributed by atoms with Crippen LogP contribution >= 0.6 is 0 Å². The zero-order valence-corrected chi connectivity index (χ0v) is 10.2. The van der Waals surface area contributed by atoms with Crippen molar-refractivity contribution < 1.29 is 4.42 Å². The molecular formula is C16H13NO. The van der Waals surface area contributed by atoms with Crippen LogP contribution in [0.25, 0.3) is 21.9 Å². The van der Waals surface area contributed by atoms with Gasteiger partial charge in [0.2, 0.25) is 0 Å². The quantitative estimate of drug-likeness (QED) is 0.655. The second kappa shape index (κ2) is 4.56. The van der Waals surface area contributed by atoms with Crippen LogP contribution in [-0.2, 0) is 0 Å². The summed E-state index contributed by atoms with van der Waals surface area (Å²) in [6.07, 6.45) is 0. The number of rotatable bonds is 1. The van der Waals surface area contributed by atoms with E-state index in [0.717, 1.165) is 27.5 Å². The monoisotopic (exact) mass is 235 g/mol. The molecule has 0 saturated carbocycles. The summed E-state index contributed by atoms with van der Waals surface area (Å²) in [7, 11) is 1.89. The molecule has 0 atom stereocenters. The van der Waals surface area contributed by atoms with Crippen LogP contribution in [0.15, 0.2) is 46.9 Å². The molecule has 1 aromatic heterocycles. The fraction of sp³-hybridized carbons (Fsp3) is 0.125. The molecule has 0 unspecified atom stereocenters. The minimum absolute atomic E-state index is 0.693. The van der Waals surface area contributed by atoms with E-state index in [2.05, 4.69) is 29.3 Å². The first kappa shape index (κ1) is 10.9. The van der Waals surface area contributed by atoms with Gasteiger partial charge in [0.15, 0.2) is 0 Å². The first-order valence-corrected chi connectivity index (χ1v) is 5.93. The Morgan fingerprint density at radius 2 is 1.89 bits per heavy atom. The number of hydrogen-bond donors (Lipinski definition) is 1. The van der Waals surface area contributed by atoms with Crippen molar-refractivity contribution in [1.82, 2.24) is 5.32 Å². The minimum atomic E-state index is 0.693. The highest BCUT2D eigenvalue weighted by molar-refractivity contribution is 6.05.